The first-order chi connectivity index (χ1) is 7.14. The van der Waals surface area contributed by atoms with Gasteiger partial charge in [-0.3, -0.25) is 4.79 Å². The summed E-state index contributed by atoms with van der Waals surface area (Å²) in [5.74, 6) is 2.21. The van der Waals surface area contributed by atoms with E-state index in [9.17, 15) is 4.79 Å². The minimum absolute atomic E-state index is 0.362. The van der Waals surface area contributed by atoms with E-state index in [2.05, 4.69) is 5.92 Å². The van der Waals surface area contributed by atoms with Gasteiger partial charge in [0.25, 0.3) is 0 Å². The van der Waals surface area contributed by atoms with E-state index in [4.69, 9.17) is 11.2 Å². The Bertz CT molecular complexity index is 375. The van der Waals surface area contributed by atoms with Crippen molar-refractivity contribution in [1.82, 2.24) is 0 Å². The maximum Gasteiger partial charge on any atom is 0.304 e. The monoisotopic (exact) mass is 202 g/mol. The van der Waals surface area contributed by atoms with Gasteiger partial charge in [0.05, 0.1) is 0 Å². The highest BCUT2D eigenvalue weighted by molar-refractivity contribution is 5.67. The molecule has 0 radical (unpaired) electrons. The molecule has 1 atom stereocenters. The van der Waals surface area contributed by atoms with Gasteiger partial charge < -0.3 is 4.74 Å². The van der Waals surface area contributed by atoms with Gasteiger partial charge in [-0.2, -0.15) is 0 Å². The van der Waals surface area contributed by atoms with E-state index < -0.39 is 5.60 Å². The highest BCUT2D eigenvalue weighted by Crippen LogP contribution is 2.28. The number of carbonyl (C=O) groups excluding carboxylic acids is 1. The molecular formula is C13H14O2. The van der Waals surface area contributed by atoms with Crippen LogP contribution in [0.5, 0.6) is 0 Å². The first-order valence-corrected chi connectivity index (χ1v) is 4.87. The van der Waals surface area contributed by atoms with Gasteiger partial charge in [-0.25, -0.2) is 0 Å². The Kier molecular flexibility index (Phi) is 3.51. The number of carbonyl (C=O) groups is 1. The van der Waals surface area contributed by atoms with Crippen LogP contribution < -0.4 is 0 Å². The molecule has 1 aromatic carbocycles. The molecule has 0 N–H and O–H groups in total. The van der Waals surface area contributed by atoms with Crippen molar-refractivity contribution in [2.75, 3.05) is 0 Å². The van der Waals surface area contributed by atoms with Crippen molar-refractivity contribution in [3.8, 4) is 12.3 Å². The van der Waals surface area contributed by atoms with Crippen LogP contribution in [0.25, 0.3) is 0 Å². The van der Waals surface area contributed by atoms with Crippen LogP contribution in [0.4, 0.5) is 0 Å². The van der Waals surface area contributed by atoms with Gasteiger partial charge in [-0.05, 0) is 0 Å². The van der Waals surface area contributed by atoms with Gasteiger partial charge in [-0.1, -0.05) is 43.2 Å². The summed E-state index contributed by atoms with van der Waals surface area (Å²) >= 11 is 0. The van der Waals surface area contributed by atoms with E-state index in [0.29, 0.717) is 6.42 Å². The number of benzene rings is 1. The van der Waals surface area contributed by atoms with Crippen molar-refractivity contribution >= 4 is 5.97 Å². The fourth-order valence-corrected chi connectivity index (χ4v) is 1.50. The van der Waals surface area contributed by atoms with Crippen LogP contribution in [0.3, 0.4) is 0 Å². The molecule has 1 unspecified atom stereocenters. The Morgan fingerprint density at radius 2 is 2.07 bits per heavy atom. The third-order valence-corrected chi connectivity index (χ3v) is 2.29. The number of esters is 1. The topological polar surface area (TPSA) is 26.3 Å². The van der Waals surface area contributed by atoms with Crippen molar-refractivity contribution in [2.24, 2.45) is 0 Å². The Balaban J connectivity index is 3.13. The minimum atomic E-state index is -0.924. The van der Waals surface area contributed by atoms with Crippen LogP contribution in [-0.2, 0) is 15.1 Å². The number of terminal acetylenes is 1. The van der Waals surface area contributed by atoms with Crippen LogP contribution in [-0.4, -0.2) is 5.97 Å². The molecule has 1 aromatic rings. The fraction of sp³-hybridized carbons (Fsp3) is 0.308. The first kappa shape index (κ1) is 11.3. The summed E-state index contributed by atoms with van der Waals surface area (Å²) in [6, 6.07) is 9.38. The summed E-state index contributed by atoms with van der Waals surface area (Å²) in [4.78, 5) is 11.0. The van der Waals surface area contributed by atoms with Gasteiger partial charge in [-0.15, -0.1) is 6.42 Å². The third-order valence-electron chi connectivity index (χ3n) is 2.29. The predicted molar refractivity (Wildman–Crippen MR) is 59.0 cm³/mol. The molecule has 2 heteroatoms. The minimum Gasteiger partial charge on any atom is -0.442 e. The zero-order valence-corrected chi connectivity index (χ0v) is 8.99. The van der Waals surface area contributed by atoms with E-state index in [0.717, 1.165) is 5.56 Å². The zero-order valence-electron chi connectivity index (χ0n) is 8.99. The lowest BCUT2D eigenvalue weighted by atomic mass is 9.92. The standard InChI is InChI=1S/C13H14O2/c1-4-13(5-2,15-11(3)14)12-9-7-6-8-10-12/h1,6-10H,5H2,2-3H3. The summed E-state index contributed by atoms with van der Waals surface area (Å²) in [6.07, 6.45) is 6.03. The normalized spacial score (nSPS) is 13.7. The molecule has 2 nitrogen and oxygen atoms in total. The van der Waals surface area contributed by atoms with E-state index in [1.165, 1.54) is 6.92 Å². The first-order valence-electron chi connectivity index (χ1n) is 4.87. The van der Waals surface area contributed by atoms with Gasteiger partial charge in [0.1, 0.15) is 0 Å². The van der Waals surface area contributed by atoms with Crippen LogP contribution in [0.2, 0.25) is 0 Å². The molecule has 0 saturated heterocycles. The largest absolute Gasteiger partial charge is 0.442 e. The molecule has 0 fully saturated rings. The molecule has 78 valence electrons. The molecule has 0 aliphatic heterocycles. The lowest BCUT2D eigenvalue weighted by molar-refractivity contribution is -0.152. The summed E-state index contributed by atoms with van der Waals surface area (Å²) in [6.45, 7) is 3.26. The van der Waals surface area contributed by atoms with Gasteiger partial charge in [0.15, 0.2) is 5.60 Å². The molecule has 0 bridgehead atoms. The highest BCUT2D eigenvalue weighted by Gasteiger charge is 2.31. The van der Waals surface area contributed by atoms with Gasteiger partial charge in [0.2, 0.25) is 0 Å². The Morgan fingerprint density at radius 3 is 2.47 bits per heavy atom. The van der Waals surface area contributed by atoms with E-state index in [1.807, 2.05) is 37.3 Å². The van der Waals surface area contributed by atoms with Crippen molar-refractivity contribution < 1.29 is 9.53 Å². The third kappa shape index (κ3) is 2.38. The molecule has 0 heterocycles. The number of rotatable bonds is 3. The number of hydrogen-bond donors (Lipinski definition) is 0. The average molecular weight is 202 g/mol. The molecule has 0 saturated carbocycles. The summed E-state index contributed by atoms with van der Waals surface area (Å²) in [5.41, 5.74) is -0.0854. The molecule has 0 aliphatic rings. The maximum atomic E-state index is 11.0. The molecule has 0 aliphatic carbocycles. The summed E-state index contributed by atoms with van der Waals surface area (Å²) in [5, 5.41) is 0. The smallest absolute Gasteiger partial charge is 0.304 e. The molecular weight excluding hydrogens is 188 g/mol. The summed E-state index contributed by atoms with van der Waals surface area (Å²) in [7, 11) is 0. The van der Waals surface area contributed by atoms with Crippen molar-refractivity contribution in [3.63, 3.8) is 0 Å². The van der Waals surface area contributed by atoms with Gasteiger partial charge >= 0.3 is 5.97 Å². The number of ether oxygens (including phenoxy) is 1. The summed E-state index contributed by atoms with van der Waals surface area (Å²) < 4.78 is 5.25. The average Bonchev–Trinajstić information content (AvgIpc) is 2.27. The lowest BCUT2D eigenvalue weighted by Crippen LogP contribution is -2.29. The van der Waals surface area contributed by atoms with Crippen LogP contribution in [0, 0.1) is 12.3 Å². The Labute approximate surface area is 90.3 Å². The highest BCUT2D eigenvalue weighted by atomic mass is 16.6. The van der Waals surface area contributed by atoms with E-state index in [-0.39, 0.29) is 5.97 Å². The second-order valence-electron chi connectivity index (χ2n) is 3.28. The Morgan fingerprint density at radius 1 is 1.47 bits per heavy atom. The van der Waals surface area contributed by atoms with Crippen LogP contribution in [0.15, 0.2) is 30.3 Å². The zero-order chi connectivity index (χ0) is 11.3. The predicted octanol–water partition coefficient (Wildman–Crippen LogP) is 2.49. The molecule has 0 spiro atoms. The second kappa shape index (κ2) is 4.65. The fourth-order valence-electron chi connectivity index (χ4n) is 1.50. The SMILES string of the molecule is C#CC(CC)(OC(C)=O)c1ccccc1. The molecule has 0 amide bonds. The number of hydrogen-bond acceptors (Lipinski definition) is 2. The molecule has 15 heavy (non-hydrogen) atoms. The van der Waals surface area contributed by atoms with Gasteiger partial charge in [0, 0.05) is 18.9 Å². The molecule has 1 rings (SSSR count). The van der Waals surface area contributed by atoms with Crippen molar-refractivity contribution in [1.29, 1.82) is 0 Å². The lowest BCUT2D eigenvalue weighted by Gasteiger charge is -2.26. The van der Waals surface area contributed by atoms with Crippen molar-refractivity contribution in [3.05, 3.63) is 35.9 Å². The van der Waals surface area contributed by atoms with Crippen molar-refractivity contribution in [2.45, 2.75) is 25.9 Å². The second-order valence-corrected chi connectivity index (χ2v) is 3.28. The quantitative estimate of drug-likeness (QED) is 0.556. The van der Waals surface area contributed by atoms with Crippen LogP contribution in [0.1, 0.15) is 25.8 Å². The maximum absolute atomic E-state index is 11.0. The van der Waals surface area contributed by atoms with Crippen LogP contribution >= 0.6 is 0 Å². The van der Waals surface area contributed by atoms with E-state index >= 15 is 0 Å². The van der Waals surface area contributed by atoms with E-state index in [1.54, 1.807) is 0 Å². The Hall–Kier alpha value is -1.75. The molecule has 0 aromatic heterocycles.